The second-order valence-electron chi connectivity index (χ2n) is 4.88. The van der Waals surface area contributed by atoms with E-state index in [0.717, 1.165) is 0 Å². The molecule has 1 unspecified atom stereocenters. The van der Waals surface area contributed by atoms with Crippen LogP contribution in [0.1, 0.15) is 10.4 Å². The van der Waals surface area contributed by atoms with Gasteiger partial charge in [0.1, 0.15) is 5.75 Å². The van der Waals surface area contributed by atoms with E-state index < -0.39 is 30.8 Å². The summed E-state index contributed by atoms with van der Waals surface area (Å²) < 4.78 is 45.7. The van der Waals surface area contributed by atoms with Gasteiger partial charge in [-0.05, 0) is 24.3 Å². The van der Waals surface area contributed by atoms with Crippen molar-refractivity contribution in [1.29, 1.82) is 0 Å². The summed E-state index contributed by atoms with van der Waals surface area (Å²) in [4.78, 5) is 24.5. The van der Waals surface area contributed by atoms with E-state index in [1.54, 1.807) is 0 Å². The summed E-state index contributed by atoms with van der Waals surface area (Å²) in [5.74, 6) is -1.58. The van der Waals surface area contributed by atoms with E-state index in [9.17, 15) is 22.8 Å². The van der Waals surface area contributed by atoms with E-state index in [2.05, 4.69) is 4.74 Å². The van der Waals surface area contributed by atoms with Crippen LogP contribution in [0.2, 0.25) is 0 Å². The highest BCUT2D eigenvalue weighted by atomic mass is 19.4. The molecule has 0 aliphatic carbocycles. The highest BCUT2D eigenvalue weighted by molar-refractivity contribution is 5.94. The molecule has 0 bridgehead atoms. The zero-order valence-corrected chi connectivity index (χ0v) is 11.9. The number of hydrogen-bond donors (Lipinski definition) is 1. The fraction of sp³-hybridized carbons (Fsp3) is 0.429. The number of hydrogen-bond acceptors (Lipinski definition) is 4. The molecule has 0 aromatic heterocycles. The second-order valence-corrected chi connectivity index (χ2v) is 4.88. The Kier molecular flexibility index (Phi) is 5.09. The number of carbonyl (C=O) groups excluding carboxylic acids is 1. The standard InChI is InChI=1S/C14H14F3NO5/c15-14(16,17)8-23-10-3-1-9(2-4-10)12(19)18-5-6-22-11(7-18)13(20)21/h1-4,11H,5-8H2,(H,20,21). The summed E-state index contributed by atoms with van der Waals surface area (Å²) in [5, 5.41) is 8.90. The number of amides is 1. The van der Waals surface area contributed by atoms with Crippen LogP contribution in [0.15, 0.2) is 24.3 Å². The Balaban J connectivity index is 1.98. The van der Waals surface area contributed by atoms with Crippen molar-refractivity contribution in [2.75, 3.05) is 26.3 Å². The molecule has 1 fully saturated rings. The predicted octanol–water partition coefficient (Wildman–Crippen LogP) is 1.55. The lowest BCUT2D eigenvalue weighted by atomic mass is 10.1. The van der Waals surface area contributed by atoms with E-state index >= 15 is 0 Å². The van der Waals surface area contributed by atoms with Gasteiger partial charge < -0.3 is 19.5 Å². The van der Waals surface area contributed by atoms with Gasteiger partial charge in [-0.25, -0.2) is 4.79 Å². The van der Waals surface area contributed by atoms with Crippen molar-refractivity contribution in [3.05, 3.63) is 29.8 Å². The molecule has 0 saturated carbocycles. The van der Waals surface area contributed by atoms with Crippen LogP contribution in [-0.4, -0.2) is 60.5 Å². The van der Waals surface area contributed by atoms with Crippen LogP contribution in [0.4, 0.5) is 13.2 Å². The minimum absolute atomic E-state index is 0.00994. The maximum atomic E-state index is 12.3. The van der Waals surface area contributed by atoms with Gasteiger partial charge in [0.05, 0.1) is 13.2 Å². The van der Waals surface area contributed by atoms with Crippen molar-refractivity contribution in [3.63, 3.8) is 0 Å². The van der Waals surface area contributed by atoms with Crippen molar-refractivity contribution in [1.82, 2.24) is 4.90 Å². The molecule has 6 nitrogen and oxygen atoms in total. The number of ether oxygens (including phenoxy) is 2. The molecule has 1 saturated heterocycles. The highest BCUT2D eigenvalue weighted by Crippen LogP contribution is 2.19. The Morgan fingerprint density at radius 1 is 1.30 bits per heavy atom. The minimum atomic E-state index is -4.44. The first-order valence-corrected chi connectivity index (χ1v) is 6.69. The number of benzene rings is 1. The van der Waals surface area contributed by atoms with Crippen molar-refractivity contribution >= 4 is 11.9 Å². The molecule has 1 atom stereocenters. The van der Waals surface area contributed by atoms with E-state index in [1.165, 1.54) is 29.2 Å². The molecule has 2 rings (SSSR count). The number of alkyl halides is 3. The normalized spacial score (nSPS) is 18.6. The van der Waals surface area contributed by atoms with Crippen molar-refractivity contribution in [3.8, 4) is 5.75 Å². The molecule has 126 valence electrons. The molecule has 1 aliphatic heterocycles. The monoisotopic (exact) mass is 333 g/mol. The number of halogens is 3. The summed E-state index contributed by atoms with van der Waals surface area (Å²) in [6.07, 6.45) is -5.52. The molecule has 1 N–H and O–H groups in total. The summed E-state index contributed by atoms with van der Waals surface area (Å²) in [6, 6.07) is 5.18. The number of rotatable bonds is 4. The number of aliphatic carboxylic acids is 1. The smallest absolute Gasteiger partial charge is 0.422 e. The highest BCUT2D eigenvalue weighted by Gasteiger charge is 2.30. The number of carboxylic acid groups (broad SMARTS) is 1. The average Bonchev–Trinajstić information content (AvgIpc) is 2.52. The van der Waals surface area contributed by atoms with Gasteiger partial charge in [-0.1, -0.05) is 0 Å². The van der Waals surface area contributed by atoms with Crippen LogP contribution in [-0.2, 0) is 9.53 Å². The number of carboxylic acids is 1. The lowest BCUT2D eigenvalue weighted by Crippen LogP contribution is -2.48. The van der Waals surface area contributed by atoms with Crippen LogP contribution >= 0.6 is 0 Å². The van der Waals surface area contributed by atoms with Gasteiger partial charge in [0.2, 0.25) is 0 Å². The average molecular weight is 333 g/mol. The lowest BCUT2D eigenvalue weighted by molar-refractivity contribution is -0.155. The summed E-state index contributed by atoms with van der Waals surface area (Å²) >= 11 is 0. The van der Waals surface area contributed by atoms with Crippen molar-refractivity contribution < 1.29 is 37.3 Å². The zero-order chi connectivity index (χ0) is 17.0. The maximum absolute atomic E-state index is 12.3. The van der Waals surface area contributed by atoms with E-state index in [-0.39, 0.29) is 31.0 Å². The molecular weight excluding hydrogens is 319 g/mol. The third-order valence-electron chi connectivity index (χ3n) is 3.13. The topological polar surface area (TPSA) is 76.1 Å². The molecule has 0 spiro atoms. The minimum Gasteiger partial charge on any atom is -0.484 e. The fourth-order valence-electron chi connectivity index (χ4n) is 2.02. The largest absolute Gasteiger partial charge is 0.484 e. The van der Waals surface area contributed by atoms with Gasteiger partial charge in [0.15, 0.2) is 12.7 Å². The molecule has 0 radical (unpaired) electrons. The number of morpholine rings is 1. The number of carbonyl (C=O) groups is 2. The van der Waals surface area contributed by atoms with E-state index in [0.29, 0.717) is 0 Å². The first-order valence-electron chi connectivity index (χ1n) is 6.69. The maximum Gasteiger partial charge on any atom is 0.422 e. The van der Waals surface area contributed by atoms with Crippen molar-refractivity contribution in [2.45, 2.75) is 12.3 Å². The van der Waals surface area contributed by atoms with Crippen LogP contribution < -0.4 is 4.74 Å². The van der Waals surface area contributed by atoms with Gasteiger partial charge in [-0.15, -0.1) is 0 Å². The third kappa shape index (κ3) is 4.85. The molecule has 23 heavy (non-hydrogen) atoms. The third-order valence-corrected chi connectivity index (χ3v) is 3.13. The lowest BCUT2D eigenvalue weighted by Gasteiger charge is -2.30. The molecule has 9 heteroatoms. The summed E-state index contributed by atoms with van der Waals surface area (Å²) in [6.45, 7) is -1.14. The van der Waals surface area contributed by atoms with E-state index in [1.807, 2.05) is 0 Å². The Morgan fingerprint density at radius 2 is 1.96 bits per heavy atom. The molecule has 1 amide bonds. The van der Waals surface area contributed by atoms with Crippen molar-refractivity contribution in [2.24, 2.45) is 0 Å². The van der Waals surface area contributed by atoms with Gasteiger partial charge in [-0.3, -0.25) is 4.79 Å². The van der Waals surface area contributed by atoms with Crippen LogP contribution in [0.5, 0.6) is 5.75 Å². The molecule has 1 heterocycles. The summed E-state index contributed by atoms with van der Waals surface area (Å²) in [5.41, 5.74) is 0.232. The SMILES string of the molecule is O=C(O)C1CN(C(=O)c2ccc(OCC(F)(F)F)cc2)CCO1. The van der Waals surface area contributed by atoms with Gasteiger partial charge in [0, 0.05) is 12.1 Å². The molecule has 1 aromatic carbocycles. The van der Waals surface area contributed by atoms with Gasteiger partial charge >= 0.3 is 12.1 Å². The van der Waals surface area contributed by atoms with Crippen LogP contribution in [0.3, 0.4) is 0 Å². The van der Waals surface area contributed by atoms with Gasteiger partial charge in [0.25, 0.3) is 5.91 Å². The summed E-state index contributed by atoms with van der Waals surface area (Å²) in [7, 11) is 0. The Bertz CT molecular complexity index is 573. The molecule has 1 aliphatic rings. The Hall–Kier alpha value is -2.29. The van der Waals surface area contributed by atoms with Crippen LogP contribution in [0.25, 0.3) is 0 Å². The molecular formula is C14H14F3NO5. The molecule has 1 aromatic rings. The second kappa shape index (κ2) is 6.86. The Labute approximate surface area is 129 Å². The van der Waals surface area contributed by atoms with Gasteiger partial charge in [-0.2, -0.15) is 13.2 Å². The Morgan fingerprint density at radius 3 is 2.52 bits per heavy atom. The van der Waals surface area contributed by atoms with Crippen LogP contribution in [0, 0.1) is 0 Å². The van der Waals surface area contributed by atoms with E-state index in [4.69, 9.17) is 9.84 Å². The first kappa shape index (κ1) is 17.1. The quantitative estimate of drug-likeness (QED) is 0.905. The fourth-order valence-corrected chi connectivity index (χ4v) is 2.02. The predicted molar refractivity (Wildman–Crippen MR) is 71.3 cm³/mol. The first-order chi connectivity index (χ1) is 10.8. The number of nitrogens with zero attached hydrogens (tertiary/aromatic N) is 1. The zero-order valence-electron chi connectivity index (χ0n) is 11.9.